The molecule has 1 N–H and O–H groups in total. The fourth-order valence-electron chi connectivity index (χ4n) is 3.85. The van der Waals surface area contributed by atoms with Gasteiger partial charge in [-0.05, 0) is 42.5 Å². The largest absolute Gasteiger partial charge is 0.413 e. The molecule has 0 aromatic carbocycles. The molecule has 0 unspecified atom stereocenters. The highest BCUT2D eigenvalue weighted by Crippen LogP contribution is 2.63. The lowest BCUT2D eigenvalue weighted by Crippen LogP contribution is -2.56. The molecular formula is C17H32O3S2Si. The standard InChI is InChI=1S/C17H32O3S2Si/c1-15(2,3)23(4,5)20-14-11-17(21-9-6-10-22-17)16(18)7-8-19-12-13(14)16/h13-14,18H,6-12H2,1-5H3/t13-,14-,16+/m0/s1. The Labute approximate surface area is 150 Å². The molecule has 0 amide bonds. The van der Waals surface area contributed by atoms with E-state index in [2.05, 4.69) is 33.9 Å². The molecule has 3 aliphatic rings. The molecule has 2 aliphatic heterocycles. The van der Waals surface area contributed by atoms with Crippen LogP contribution in [0.2, 0.25) is 18.1 Å². The Morgan fingerprint density at radius 1 is 1.22 bits per heavy atom. The van der Waals surface area contributed by atoms with E-state index < -0.39 is 13.9 Å². The molecule has 6 heteroatoms. The molecule has 3 atom stereocenters. The highest BCUT2D eigenvalue weighted by molar-refractivity contribution is 8.18. The Bertz CT molecular complexity index is 440. The number of rotatable bonds is 2. The zero-order chi connectivity index (χ0) is 16.9. The first-order valence-corrected chi connectivity index (χ1v) is 13.8. The maximum atomic E-state index is 11.7. The monoisotopic (exact) mass is 376 g/mol. The fourth-order valence-corrected chi connectivity index (χ4v) is 9.04. The topological polar surface area (TPSA) is 38.7 Å². The summed E-state index contributed by atoms with van der Waals surface area (Å²) in [5.41, 5.74) is -0.631. The van der Waals surface area contributed by atoms with Crippen molar-refractivity contribution >= 4 is 31.8 Å². The van der Waals surface area contributed by atoms with Gasteiger partial charge in [-0.3, -0.25) is 0 Å². The summed E-state index contributed by atoms with van der Waals surface area (Å²) >= 11 is 3.98. The summed E-state index contributed by atoms with van der Waals surface area (Å²) in [5, 5.41) is 11.9. The van der Waals surface area contributed by atoms with Crippen LogP contribution in [0.4, 0.5) is 0 Å². The van der Waals surface area contributed by atoms with Crippen molar-refractivity contribution in [1.29, 1.82) is 0 Å². The van der Waals surface area contributed by atoms with E-state index >= 15 is 0 Å². The number of hydrogen-bond acceptors (Lipinski definition) is 5. The van der Waals surface area contributed by atoms with Crippen molar-refractivity contribution in [2.24, 2.45) is 5.92 Å². The van der Waals surface area contributed by atoms with Crippen LogP contribution in [0.15, 0.2) is 0 Å². The summed E-state index contributed by atoms with van der Waals surface area (Å²) in [7, 11) is -1.84. The normalized spacial score (nSPS) is 37.8. The minimum atomic E-state index is -1.84. The van der Waals surface area contributed by atoms with Crippen LogP contribution in [0.3, 0.4) is 0 Å². The summed E-state index contributed by atoms with van der Waals surface area (Å²) in [6.45, 7) is 12.8. The molecule has 2 saturated heterocycles. The van der Waals surface area contributed by atoms with E-state index in [-0.39, 0.29) is 21.1 Å². The molecule has 3 nitrogen and oxygen atoms in total. The van der Waals surface area contributed by atoms with Gasteiger partial charge in [0.2, 0.25) is 0 Å². The lowest BCUT2D eigenvalue weighted by atomic mass is 9.85. The van der Waals surface area contributed by atoms with Crippen molar-refractivity contribution in [3.8, 4) is 0 Å². The Kier molecular flexibility index (Phi) is 5.01. The Morgan fingerprint density at radius 3 is 2.48 bits per heavy atom. The van der Waals surface area contributed by atoms with E-state index in [0.717, 1.165) is 24.3 Å². The molecule has 3 rings (SSSR count). The van der Waals surface area contributed by atoms with Gasteiger partial charge in [-0.1, -0.05) is 20.8 Å². The van der Waals surface area contributed by atoms with Crippen LogP contribution in [0, 0.1) is 5.92 Å². The van der Waals surface area contributed by atoms with E-state index in [4.69, 9.17) is 9.16 Å². The van der Waals surface area contributed by atoms with Gasteiger partial charge < -0.3 is 14.3 Å². The van der Waals surface area contributed by atoms with E-state index in [1.165, 1.54) is 6.42 Å². The molecule has 3 fully saturated rings. The number of ether oxygens (including phenoxy) is 1. The van der Waals surface area contributed by atoms with Gasteiger partial charge in [-0.2, -0.15) is 0 Å². The second kappa shape index (κ2) is 6.20. The lowest BCUT2D eigenvalue weighted by Gasteiger charge is -2.48. The van der Waals surface area contributed by atoms with Crippen molar-refractivity contribution < 1.29 is 14.3 Å². The first kappa shape index (κ1) is 18.6. The second-order valence-electron chi connectivity index (χ2n) is 8.78. The van der Waals surface area contributed by atoms with Gasteiger partial charge in [0.15, 0.2) is 8.32 Å². The van der Waals surface area contributed by atoms with Crippen molar-refractivity contribution in [2.75, 3.05) is 24.7 Å². The fraction of sp³-hybridized carbons (Fsp3) is 1.00. The van der Waals surface area contributed by atoms with E-state index in [9.17, 15) is 5.11 Å². The first-order valence-electron chi connectivity index (χ1n) is 8.87. The molecule has 134 valence electrons. The summed E-state index contributed by atoms with van der Waals surface area (Å²) in [6.07, 6.45) is 3.12. The van der Waals surface area contributed by atoms with Crippen molar-refractivity contribution in [3.05, 3.63) is 0 Å². The third-order valence-electron chi connectivity index (χ3n) is 6.33. The summed E-state index contributed by atoms with van der Waals surface area (Å²) in [5.74, 6) is 2.45. The maximum Gasteiger partial charge on any atom is 0.192 e. The molecule has 0 bridgehead atoms. The predicted octanol–water partition coefficient (Wildman–Crippen LogP) is 4.11. The van der Waals surface area contributed by atoms with Gasteiger partial charge in [0.1, 0.15) is 0 Å². The van der Waals surface area contributed by atoms with Gasteiger partial charge in [0.05, 0.1) is 22.4 Å². The lowest BCUT2D eigenvalue weighted by molar-refractivity contribution is -0.115. The summed E-state index contributed by atoms with van der Waals surface area (Å²) in [6, 6.07) is 0. The van der Waals surface area contributed by atoms with E-state index in [1.807, 2.05) is 23.5 Å². The van der Waals surface area contributed by atoms with E-state index in [0.29, 0.717) is 13.2 Å². The van der Waals surface area contributed by atoms with Crippen LogP contribution in [-0.4, -0.2) is 53.9 Å². The van der Waals surface area contributed by atoms with Crippen molar-refractivity contribution in [3.63, 3.8) is 0 Å². The minimum Gasteiger partial charge on any atom is -0.413 e. The molecule has 23 heavy (non-hydrogen) atoms. The third-order valence-corrected chi connectivity index (χ3v) is 14.5. The minimum absolute atomic E-state index is 0.0767. The molecular weight excluding hydrogens is 344 g/mol. The van der Waals surface area contributed by atoms with Gasteiger partial charge >= 0.3 is 0 Å². The second-order valence-corrected chi connectivity index (χ2v) is 16.6. The number of hydrogen-bond donors (Lipinski definition) is 1. The molecule has 1 saturated carbocycles. The molecule has 1 aliphatic carbocycles. The number of aliphatic hydroxyl groups is 1. The molecule has 0 radical (unpaired) electrons. The zero-order valence-corrected chi connectivity index (χ0v) is 17.8. The van der Waals surface area contributed by atoms with Crippen LogP contribution in [0.1, 0.15) is 40.0 Å². The highest BCUT2D eigenvalue weighted by atomic mass is 32.2. The summed E-state index contributed by atoms with van der Waals surface area (Å²) in [4.78, 5) is 0. The number of fused-ring (bicyclic) bond motifs is 2. The Hall–Kier alpha value is 0.797. The maximum absolute atomic E-state index is 11.7. The average molecular weight is 377 g/mol. The smallest absolute Gasteiger partial charge is 0.192 e. The molecule has 0 aromatic rings. The quantitative estimate of drug-likeness (QED) is 0.734. The Balaban J connectivity index is 1.87. The van der Waals surface area contributed by atoms with Gasteiger partial charge in [-0.15, -0.1) is 23.5 Å². The van der Waals surface area contributed by atoms with Gasteiger partial charge in [-0.25, -0.2) is 0 Å². The third kappa shape index (κ3) is 3.06. The Morgan fingerprint density at radius 2 is 1.87 bits per heavy atom. The SMILES string of the molecule is CC(C)(C)[Si](C)(C)O[C@H]1CC2(SCCCS2)[C@@]2(O)CCOC[C@@H]12. The molecule has 0 aromatic heterocycles. The van der Waals surface area contributed by atoms with E-state index in [1.54, 1.807) is 0 Å². The van der Waals surface area contributed by atoms with Crippen LogP contribution in [-0.2, 0) is 9.16 Å². The van der Waals surface area contributed by atoms with Crippen LogP contribution in [0.5, 0.6) is 0 Å². The predicted molar refractivity (Wildman–Crippen MR) is 103 cm³/mol. The van der Waals surface area contributed by atoms with Gasteiger partial charge in [0, 0.05) is 18.9 Å². The van der Waals surface area contributed by atoms with Crippen LogP contribution < -0.4 is 0 Å². The van der Waals surface area contributed by atoms with Crippen LogP contribution >= 0.6 is 23.5 Å². The highest BCUT2D eigenvalue weighted by Gasteiger charge is 2.66. The average Bonchev–Trinajstić information content (AvgIpc) is 2.67. The first-order chi connectivity index (χ1) is 10.6. The molecule has 1 spiro atoms. The molecule has 2 heterocycles. The summed E-state index contributed by atoms with van der Waals surface area (Å²) < 4.78 is 12.5. The van der Waals surface area contributed by atoms with Crippen molar-refractivity contribution in [2.45, 2.75) is 74.0 Å². The van der Waals surface area contributed by atoms with Crippen molar-refractivity contribution in [1.82, 2.24) is 0 Å². The number of thioether (sulfide) groups is 2. The van der Waals surface area contributed by atoms with Gasteiger partial charge in [0.25, 0.3) is 0 Å². The van der Waals surface area contributed by atoms with Crippen LogP contribution in [0.25, 0.3) is 0 Å². The zero-order valence-electron chi connectivity index (χ0n) is 15.2.